The van der Waals surface area contributed by atoms with Crippen LogP contribution in [0.4, 0.5) is 8.78 Å². The maximum absolute atomic E-state index is 14.6. The van der Waals surface area contributed by atoms with Crippen molar-refractivity contribution >= 4 is 0 Å². The molecule has 0 saturated heterocycles. The Morgan fingerprint density at radius 3 is 2.24 bits per heavy atom. The summed E-state index contributed by atoms with van der Waals surface area (Å²) < 4.78 is 27.6. The largest absolute Gasteiger partial charge is 0.207 e. The molecule has 0 heterocycles. The van der Waals surface area contributed by atoms with Crippen molar-refractivity contribution in [2.24, 2.45) is 5.92 Å². The van der Waals surface area contributed by atoms with Crippen molar-refractivity contribution in [1.82, 2.24) is 0 Å². The molecule has 25 heavy (non-hydrogen) atoms. The Hall–Kier alpha value is -1.70. The zero-order valence-corrected chi connectivity index (χ0v) is 15.1. The maximum atomic E-state index is 14.6. The molecule has 1 aliphatic carbocycles. The van der Waals surface area contributed by atoms with Crippen LogP contribution in [0, 0.1) is 17.6 Å². The summed E-state index contributed by atoms with van der Waals surface area (Å²) in [5.41, 5.74) is 2.40. The Morgan fingerprint density at radius 2 is 1.60 bits per heavy atom. The van der Waals surface area contributed by atoms with Crippen LogP contribution in [0.2, 0.25) is 0 Å². The van der Waals surface area contributed by atoms with Crippen LogP contribution in [0.3, 0.4) is 0 Å². The van der Waals surface area contributed by atoms with Gasteiger partial charge in [0.1, 0.15) is 11.6 Å². The molecule has 1 saturated carbocycles. The Balaban J connectivity index is 1.63. The summed E-state index contributed by atoms with van der Waals surface area (Å²) in [6.07, 6.45) is 10.2. The summed E-state index contributed by atoms with van der Waals surface area (Å²) in [6, 6.07) is 11.6. The van der Waals surface area contributed by atoms with Gasteiger partial charge in [-0.2, -0.15) is 0 Å². The smallest absolute Gasteiger partial charge is 0.131 e. The highest BCUT2D eigenvalue weighted by Gasteiger charge is 2.22. The molecule has 0 N–H and O–H groups in total. The SMILES string of the molecule is CCCCCC1CCC(c2ccc(-c3ccc(F)cc3)c(F)c2)CC1. The van der Waals surface area contributed by atoms with E-state index >= 15 is 0 Å². The van der Waals surface area contributed by atoms with Crippen LogP contribution in [-0.2, 0) is 0 Å². The molecule has 0 aromatic heterocycles. The number of hydrogen-bond acceptors (Lipinski definition) is 0. The third kappa shape index (κ3) is 4.68. The molecular weight excluding hydrogens is 314 g/mol. The van der Waals surface area contributed by atoms with E-state index in [0.29, 0.717) is 11.5 Å². The summed E-state index contributed by atoms with van der Waals surface area (Å²) in [7, 11) is 0. The molecule has 0 nitrogen and oxygen atoms in total. The van der Waals surface area contributed by atoms with Crippen LogP contribution in [-0.4, -0.2) is 0 Å². The second kappa shape index (κ2) is 8.60. The van der Waals surface area contributed by atoms with Crippen molar-refractivity contribution in [2.45, 2.75) is 64.2 Å². The fraction of sp³-hybridized carbons (Fsp3) is 0.478. The molecule has 0 bridgehead atoms. The Bertz CT molecular complexity index is 667. The summed E-state index contributed by atoms with van der Waals surface area (Å²) >= 11 is 0. The first kappa shape index (κ1) is 18.1. The molecule has 0 radical (unpaired) electrons. The van der Waals surface area contributed by atoms with Crippen LogP contribution in [0.15, 0.2) is 42.5 Å². The monoisotopic (exact) mass is 342 g/mol. The number of halogens is 2. The van der Waals surface area contributed by atoms with Crippen molar-refractivity contribution < 1.29 is 8.78 Å². The van der Waals surface area contributed by atoms with E-state index < -0.39 is 0 Å². The average molecular weight is 342 g/mol. The van der Waals surface area contributed by atoms with E-state index in [1.807, 2.05) is 6.07 Å². The van der Waals surface area contributed by atoms with Crippen molar-refractivity contribution in [1.29, 1.82) is 0 Å². The molecular formula is C23H28F2. The first-order valence-corrected chi connectivity index (χ1v) is 9.72. The highest BCUT2D eigenvalue weighted by atomic mass is 19.1. The number of rotatable bonds is 6. The number of unbranched alkanes of at least 4 members (excludes halogenated alkanes) is 2. The molecule has 0 spiro atoms. The van der Waals surface area contributed by atoms with Crippen LogP contribution < -0.4 is 0 Å². The third-order valence-electron chi connectivity index (χ3n) is 5.68. The van der Waals surface area contributed by atoms with Crippen molar-refractivity contribution in [3.63, 3.8) is 0 Å². The van der Waals surface area contributed by atoms with E-state index in [2.05, 4.69) is 13.0 Å². The van der Waals surface area contributed by atoms with E-state index in [-0.39, 0.29) is 11.6 Å². The van der Waals surface area contributed by atoms with Gasteiger partial charge >= 0.3 is 0 Å². The molecule has 0 atom stereocenters. The topological polar surface area (TPSA) is 0 Å². The molecule has 2 heteroatoms. The van der Waals surface area contributed by atoms with Gasteiger partial charge in [-0.05, 0) is 66.8 Å². The fourth-order valence-corrected chi connectivity index (χ4v) is 4.12. The first-order chi connectivity index (χ1) is 12.2. The lowest BCUT2D eigenvalue weighted by Crippen LogP contribution is -2.13. The van der Waals surface area contributed by atoms with E-state index in [1.54, 1.807) is 18.2 Å². The molecule has 2 aromatic carbocycles. The predicted octanol–water partition coefficient (Wildman–Crippen LogP) is 7.49. The van der Waals surface area contributed by atoms with E-state index in [0.717, 1.165) is 17.0 Å². The second-order valence-electron chi connectivity index (χ2n) is 7.46. The van der Waals surface area contributed by atoms with Gasteiger partial charge in [0, 0.05) is 5.56 Å². The molecule has 2 aromatic rings. The Morgan fingerprint density at radius 1 is 0.880 bits per heavy atom. The van der Waals surface area contributed by atoms with Crippen molar-refractivity contribution in [3.05, 3.63) is 59.7 Å². The van der Waals surface area contributed by atoms with Gasteiger partial charge in [-0.15, -0.1) is 0 Å². The highest BCUT2D eigenvalue weighted by Crippen LogP contribution is 2.38. The van der Waals surface area contributed by atoms with Crippen LogP contribution in [0.5, 0.6) is 0 Å². The van der Waals surface area contributed by atoms with E-state index in [1.165, 1.54) is 63.5 Å². The highest BCUT2D eigenvalue weighted by molar-refractivity contribution is 5.64. The van der Waals surface area contributed by atoms with Gasteiger partial charge in [0.2, 0.25) is 0 Å². The fourth-order valence-electron chi connectivity index (χ4n) is 4.12. The lowest BCUT2D eigenvalue weighted by Gasteiger charge is -2.29. The van der Waals surface area contributed by atoms with Gasteiger partial charge in [0.15, 0.2) is 0 Å². The zero-order valence-electron chi connectivity index (χ0n) is 15.1. The van der Waals surface area contributed by atoms with Gasteiger partial charge in [-0.3, -0.25) is 0 Å². The Labute approximate surface area is 150 Å². The summed E-state index contributed by atoms with van der Waals surface area (Å²) in [5.74, 6) is 0.857. The molecule has 3 rings (SSSR count). The minimum Gasteiger partial charge on any atom is -0.207 e. The first-order valence-electron chi connectivity index (χ1n) is 9.72. The molecule has 134 valence electrons. The normalized spacial score (nSPS) is 20.6. The van der Waals surface area contributed by atoms with Crippen molar-refractivity contribution in [3.8, 4) is 11.1 Å². The van der Waals surface area contributed by atoms with Gasteiger partial charge < -0.3 is 0 Å². The predicted molar refractivity (Wildman–Crippen MR) is 101 cm³/mol. The standard InChI is InChI=1S/C23H28F2/c1-2-3-4-5-17-6-8-18(9-7-17)20-12-15-22(23(25)16-20)19-10-13-21(24)14-11-19/h10-18H,2-9H2,1H3. The van der Waals surface area contributed by atoms with Crippen LogP contribution >= 0.6 is 0 Å². The maximum Gasteiger partial charge on any atom is 0.131 e. The number of hydrogen-bond donors (Lipinski definition) is 0. The molecule has 0 aliphatic heterocycles. The zero-order chi connectivity index (χ0) is 17.6. The van der Waals surface area contributed by atoms with Gasteiger partial charge in [0.25, 0.3) is 0 Å². The Kier molecular flexibility index (Phi) is 6.23. The molecule has 1 aliphatic rings. The minimum absolute atomic E-state index is 0.200. The lowest BCUT2D eigenvalue weighted by molar-refractivity contribution is 0.302. The molecule has 0 amide bonds. The average Bonchev–Trinajstić information content (AvgIpc) is 2.63. The van der Waals surface area contributed by atoms with Crippen LogP contribution in [0.25, 0.3) is 11.1 Å². The second-order valence-corrected chi connectivity index (χ2v) is 7.46. The van der Waals surface area contributed by atoms with Crippen LogP contribution in [0.1, 0.15) is 69.8 Å². The molecule has 1 fully saturated rings. The van der Waals surface area contributed by atoms with Crippen molar-refractivity contribution in [2.75, 3.05) is 0 Å². The van der Waals surface area contributed by atoms with Gasteiger partial charge in [0.05, 0.1) is 0 Å². The lowest BCUT2D eigenvalue weighted by atomic mass is 9.77. The molecule has 0 unspecified atom stereocenters. The number of benzene rings is 2. The van der Waals surface area contributed by atoms with E-state index in [9.17, 15) is 8.78 Å². The quantitative estimate of drug-likeness (QED) is 0.477. The summed E-state index contributed by atoms with van der Waals surface area (Å²) in [6.45, 7) is 2.25. The van der Waals surface area contributed by atoms with Gasteiger partial charge in [-0.1, -0.05) is 56.9 Å². The minimum atomic E-state index is -0.295. The summed E-state index contributed by atoms with van der Waals surface area (Å²) in [5, 5.41) is 0. The van der Waals surface area contributed by atoms with Gasteiger partial charge in [-0.25, -0.2) is 8.78 Å². The van der Waals surface area contributed by atoms with E-state index in [4.69, 9.17) is 0 Å². The summed E-state index contributed by atoms with van der Waals surface area (Å²) in [4.78, 5) is 0. The third-order valence-corrected chi connectivity index (χ3v) is 5.68.